The lowest BCUT2D eigenvalue weighted by atomic mass is 10.0. The normalized spacial score (nSPS) is 39.5. The van der Waals surface area contributed by atoms with Gasteiger partial charge < -0.3 is 16.5 Å². The number of aromatic nitrogens is 2. The van der Waals surface area contributed by atoms with E-state index in [1.165, 1.54) is 19.3 Å². The Bertz CT molecular complexity index is 473. The predicted molar refractivity (Wildman–Crippen MR) is 69.5 cm³/mol. The van der Waals surface area contributed by atoms with Gasteiger partial charge in [-0.15, -0.1) is 0 Å². The summed E-state index contributed by atoms with van der Waals surface area (Å²) >= 11 is 0. The Balaban J connectivity index is 1.51. The molecule has 1 aromatic rings. The van der Waals surface area contributed by atoms with E-state index in [1.807, 2.05) is 6.07 Å². The van der Waals surface area contributed by atoms with Crippen LogP contribution in [-0.2, 0) is 0 Å². The van der Waals surface area contributed by atoms with E-state index in [1.54, 1.807) is 0 Å². The van der Waals surface area contributed by atoms with E-state index >= 15 is 0 Å². The zero-order chi connectivity index (χ0) is 12.3. The van der Waals surface area contributed by atoms with Gasteiger partial charge in [-0.05, 0) is 42.9 Å². The summed E-state index contributed by atoms with van der Waals surface area (Å²) in [6, 6.07) is 2.41. The lowest BCUT2D eigenvalue weighted by Gasteiger charge is -2.12. The van der Waals surface area contributed by atoms with Gasteiger partial charge in [-0.1, -0.05) is 0 Å². The smallest absolute Gasteiger partial charge is 0.223 e. The molecule has 6 nitrogen and oxygen atoms in total. The van der Waals surface area contributed by atoms with Crippen LogP contribution in [0.25, 0.3) is 0 Å². The summed E-state index contributed by atoms with van der Waals surface area (Å²) in [5.74, 6) is 10.6. The number of nitrogens with two attached hydrogens (primary N) is 2. The van der Waals surface area contributed by atoms with Gasteiger partial charge in [0.05, 0.1) is 0 Å². The van der Waals surface area contributed by atoms with Crippen molar-refractivity contribution in [3.8, 4) is 0 Å². The van der Waals surface area contributed by atoms with Crippen molar-refractivity contribution < 1.29 is 0 Å². The zero-order valence-corrected chi connectivity index (χ0v) is 10.1. The van der Waals surface area contributed by atoms with E-state index in [9.17, 15) is 0 Å². The van der Waals surface area contributed by atoms with E-state index < -0.39 is 0 Å². The molecule has 3 aliphatic rings. The molecule has 3 aliphatic carbocycles. The van der Waals surface area contributed by atoms with Crippen LogP contribution < -0.4 is 22.3 Å². The fraction of sp³-hybridized carbons (Fsp3) is 0.667. The van der Waals surface area contributed by atoms with Gasteiger partial charge in [0.2, 0.25) is 5.95 Å². The molecule has 96 valence electrons. The lowest BCUT2D eigenvalue weighted by Crippen LogP contribution is -2.16. The number of hydrogen-bond donors (Lipinski definition) is 4. The summed E-state index contributed by atoms with van der Waals surface area (Å²) in [7, 11) is 0. The molecule has 0 saturated heterocycles. The van der Waals surface area contributed by atoms with Crippen LogP contribution in [0.2, 0.25) is 0 Å². The second kappa shape index (κ2) is 3.47. The van der Waals surface area contributed by atoms with Crippen LogP contribution in [0.15, 0.2) is 6.07 Å². The first-order valence-electron chi connectivity index (χ1n) is 6.64. The van der Waals surface area contributed by atoms with Gasteiger partial charge >= 0.3 is 0 Å². The van der Waals surface area contributed by atoms with Gasteiger partial charge in [-0.25, -0.2) is 5.84 Å². The highest BCUT2D eigenvalue weighted by atomic mass is 15.3. The molecule has 0 aromatic carbocycles. The zero-order valence-electron chi connectivity index (χ0n) is 10.1. The monoisotopic (exact) mass is 246 g/mol. The Morgan fingerprint density at radius 1 is 1.11 bits per heavy atom. The van der Waals surface area contributed by atoms with Gasteiger partial charge in [0.1, 0.15) is 11.6 Å². The largest absolute Gasteiger partial charge is 0.368 e. The summed E-state index contributed by atoms with van der Waals surface area (Å²) in [4.78, 5) is 8.20. The highest BCUT2D eigenvalue weighted by Gasteiger charge is 2.65. The molecule has 3 fully saturated rings. The maximum atomic E-state index is 5.66. The van der Waals surface area contributed by atoms with E-state index in [2.05, 4.69) is 20.7 Å². The predicted octanol–water partition coefficient (Wildman–Crippen LogP) is 0.801. The first-order valence-corrected chi connectivity index (χ1v) is 6.64. The van der Waals surface area contributed by atoms with Crippen molar-refractivity contribution in [3.63, 3.8) is 0 Å². The van der Waals surface area contributed by atoms with Crippen LogP contribution in [0.1, 0.15) is 19.3 Å². The van der Waals surface area contributed by atoms with Gasteiger partial charge in [-0.2, -0.15) is 9.97 Å². The number of nitrogen functional groups attached to an aromatic ring is 2. The van der Waals surface area contributed by atoms with Crippen molar-refractivity contribution in [2.45, 2.75) is 25.3 Å². The average molecular weight is 246 g/mol. The topological polar surface area (TPSA) is 102 Å². The van der Waals surface area contributed by atoms with Crippen molar-refractivity contribution in [2.75, 3.05) is 16.5 Å². The Labute approximate surface area is 106 Å². The molecule has 2 bridgehead atoms. The summed E-state index contributed by atoms with van der Waals surface area (Å²) < 4.78 is 0. The lowest BCUT2D eigenvalue weighted by molar-refractivity contribution is 0.456. The number of nitrogens with one attached hydrogen (secondary N) is 2. The van der Waals surface area contributed by atoms with Crippen molar-refractivity contribution in [1.82, 2.24) is 9.97 Å². The van der Waals surface area contributed by atoms with E-state index in [4.69, 9.17) is 11.6 Å². The van der Waals surface area contributed by atoms with E-state index in [0.717, 1.165) is 29.5 Å². The summed E-state index contributed by atoms with van der Waals surface area (Å²) in [5.41, 5.74) is 8.17. The summed E-state index contributed by atoms with van der Waals surface area (Å²) in [6.45, 7) is 0. The molecule has 4 rings (SSSR count). The molecule has 4 unspecified atom stereocenters. The number of fused-ring (bicyclic) bond motifs is 5. The number of hydrogen-bond acceptors (Lipinski definition) is 6. The molecule has 1 aromatic heterocycles. The maximum absolute atomic E-state index is 5.66. The van der Waals surface area contributed by atoms with Crippen molar-refractivity contribution in [1.29, 1.82) is 0 Å². The van der Waals surface area contributed by atoms with Crippen LogP contribution in [0.3, 0.4) is 0 Å². The van der Waals surface area contributed by atoms with Crippen LogP contribution >= 0.6 is 0 Å². The number of rotatable bonds is 3. The molecule has 3 saturated carbocycles. The minimum absolute atomic E-state index is 0.252. The minimum Gasteiger partial charge on any atom is -0.368 e. The second-order valence-electron chi connectivity index (χ2n) is 5.80. The Morgan fingerprint density at radius 3 is 2.44 bits per heavy atom. The van der Waals surface area contributed by atoms with Crippen molar-refractivity contribution >= 4 is 17.6 Å². The fourth-order valence-corrected chi connectivity index (χ4v) is 4.30. The molecule has 0 spiro atoms. The summed E-state index contributed by atoms with van der Waals surface area (Å²) in [6.07, 6.45) is 4.30. The molecule has 0 radical (unpaired) electrons. The molecular formula is C12H18N6. The SMILES string of the molecule is NNc1cc(NC2C3C4CCC(C4)C23)nc(N)n1. The number of nitrogens with zero attached hydrogens (tertiary/aromatic N) is 2. The van der Waals surface area contributed by atoms with Crippen LogP contribution in [-0.4, -0.2) is 16.0 Å². The third kappa shape index (κ3) is 1.38. The molecule has 0 aliphatic heterocycles. The van der Waals surface area contributed by atoms with Gasteiger partial charge in [0, 0.05) is 12.1 Å². The molecular weight excluding hydrogens is 228 g/mol. The van der Waals surface area contributed by atoms with Crippen LogP contribution in [0, 0.1) is 23.7 Å². The highest BCUT2D eigenvalue weighted by Crippen LogP contribution is 2.66. The molecule has 18 heavy (non-hydrogen) atoms. The minimum atomic E-state index is 0.252. The molecule has 1 heterocycles. The quantitative estimate of drug-likeness (QED) is 0.465. The molecule has 6 heteroatoms. The van der Waals surface area contributed by atoms with Gasteiger partial charge in [0.25, 0.3) is 0 Å². The Kier molecular flexibility index (Phi) is 2.00. The third-order valence-electron chi connectivity index (χ3n) is 4.94. The van der Waals surface area contributed by atoms with E-state index in [-0.39, 0.29) is 5.95 Å². The van der Waals surface area contributed by atoms with Crippen molar-refractivity contribution in [2.24, 2.45) is 29.5 Å². The maximum Gasteiger partial charge on any atom is 0.223 e. The van der Waals surface area contributed by atoms with Gasteiger partial charge in [0.15, 0.2) is 0 Å². The van der Waals surface area contributed by atoms with Crippen LogP contribution in [0.5, 0.6) is 0 Å². The molecule has 0 amide bonds. The first-order chi connectivity index (χ1) is 8.76. The highest BCUT2D eigenvalue weighted by molar-refractivity contribution is 5.52. The number of hydrazine groups is 1. The number of anilines is 3. The molecule has 6 N–H and O–H groups in total. The second-order valence-corrected chi connectivity index (χ2v) is 5.80. The molecule has 4 atom stereocenters. The van der Waals surface area contributed by atoms with Crippen LogP contribution in [0.4, 0.5) is 17.6 Å². The average Bonchev–Trinajstić information content (AvgIpc) is 2.76. The summed E-state index contributed by atoms with van der Waals surface area (Å²) in [5, 5.41) is 3.51. The van der Waals surface area contributed by atoms with Crippen molar-refractivity contribution in [3.05, 3.63) is 6.07 Å². The van der Waals surface area contributed by atoms with E-state index in [0.29, 0.717) is 11.9 Å². The standard InChI is InChI=1S/C12H18N6/c13-12-16-7(4-8(17-12)18-14)15-11-9-5-1-2-6(3-5)10(9)11/h4-6,9-11H,1-3,14H2,(H4,13,15,16,17,18). The third-order valence-corrected chi connectivity index (χ3v) is 4.94. The fourth-order valence-electron chi connectivity index (χ4n) is 4.30. The first kappa shape index (κ1) is 10.4. The Morgan fingerprint density at radius 2 is 1.78 bits per heavy atom. The van der Waals surface area contributed by atoms with Gasteiger partial charge in [-0.3, -0.25) is 0 Å². The Hall–Kier alpha value is -1.56.